The monoisotopic (exact) mass is 403 g/mol. The summed E-state index contributed by atoms with van der Waals surface area (Å²) in [4.78, 5) is 0. The largest absolute Gasteiger partial charge is 1.00 e. The summed E-state index contributed by atoms with van der Waals surface area (Å²) in [5, 5.41) is 0. The number of aryl methyl sites for hydroxylation is 1. The number of hydrogen-bond acceptors (Lipinski definition) is 0. The SMILES string of the molecule is C[n+]1ccccc1.[C-]#[O+].[C-]#[O+].[C-]#[O+].[I-].[Mo]. The molecule has 0 spiro atoms. The van der Waals surface area contributed by atoms with E-state index in [2.05, 4.69) is 20.0 Å². The van der Waals surface area contributed by atoms with E-state index in [4.69, 9.17) is 14.0 Å². The minimum Gasteiger partial charge on any atom is -1.00 e. The number of pyridine rings is 1. The predicted octanol–water partition coefficient (Wildman–Crippen LogP) is -2.60. The molecule has 0 bridgehead atoms. The molecule has 4 nitrogen and oxygen atoms in total. The maximum absolute atomic E-state index is 7.50. The minimum absolute atomic E-state index is 0. The van der Waals surface area contributed by atoms with Crippen molar-refractivity contribution in [3.8, 4) is 0 Å². The number of halogens is 1. The van der Waals surface area contributed by atoms with Crippen molar-refractivity contribution in [2.75, 3.05) is 0 Å². The molecule has 0 saturated heterocycles. The summed E-state index contributed by atoms with van der Waals surface area (Å²) in [5.74, 6) is 0. The summed E-state index contributed by atoms with van der Waals surface area (Å²) in [5.41, 5.74) is 0. The number of hydrogen-bond donors (Lipinski definition) is 0. The van der Waals surface area contributed by atoms with Gasteiger partial charge in [-0.25, -0.2) is 4.57 Å². The zero-order valence-electron chi connectivity index (χ0n) is 7.84. The van der Waals surface area contributed by atoms with Gasteiger partial charge < -0.3 is 24.0 Å². The van der Waals surface area contributed by atoms with Crippen molar-refractivity contribution in [3.05, 3.63) is 50.5 Å². The number of rotatable bonds is 0. The molecular formula is C9H8IMoNO3. The van der Waals surface area contributed by atoms with Gasteiger partial charge in [-0.3, -0.25) is 0 Å². The van der Waals surface area contributed by atoms with Crippen LogP contribution in [0.2, 0.25) is 0 Å². The smallest absolute Gasteiger partial charge is 0 e. The average molecular weight is 401 g/mol. The normalized spacial score (nSPS) is 4.47. The van der Waals surface area contributed by atoms with Crippen molar-refractivity contribution in [2.24, 2.45) is 7.05 Å². The Morgan fingerprint density at radius 3 is 1.20 bits per heavy atom. The molecule has 15 heavy (non-hydrogen) atoms. The summed E-state index contributed by atoms with van der Waals surface area (Å²) in [7, 11) is 2.00. The van der Waals surface area contributed by atoms with Gasteiger partial charge in [-0.1, -0.05) is 6.07 Å². The van der Waals surface area contributed by atoms with Crippen LogP contribution in [0.1, 0.15) is 0 Å². The van der Waals surface area contributed by atoms with Crippen molar-refractivity contribution in [2.45, 2.75) is 0 Å². The Kier molecular flexibility index (Phi) is 72.7. The van der Waals surface area contributed by atoms with E-state index in [0.717, 1.165) is 0 Å². The molecule has 0 unspecified atom stereocenters. The molecular weight excluding hydrogens is 393 g/mol. The van der Waals surface area contributed by atoms with Gasteiger partial charge >= 0.3 is 33.9 Å². The van der Waals surface area contributed by atoms with Gasteiger partial charge in [0.25, 0.3) is 0 Å². The third-order valence-corrected chi connectivity index (χ3v) is 0.865. The van der Waals surface area contributed by atoms with Gasteiger partial charge in [-0.05, 0) is 0 Å². The van der Waals surface area contributed by atoms with Crippen molar-refractivity contribution >= 4 is 0 Å². The molecule has 0 amide bonds. The van der Waals surface area contributed by atoms with Crippen LogP contribution in [0.5, 0.6) is 0 Å². The van der Waals surface area contributed by atoms with Crippen LogP contribution in [0, 0.1) is 20.0 Å². The standard InChI is InChI=1S/C6H8N.3CO.HI.Mo/c1-7-5-3-2-4-6-7;3*1-2;;/h2-6H,1H3;;;;1H;/q+1;;;;;/p-1. The van der Waals surface area contributed by atoms with E-state index in [-0.39, 0.29) is 45.0 Å². The minimum atomic E-state index is 0. The Labute approximate surface area is 121 Å². The maximum Gasteiger partial charge on any atom is 0 e. The molecule has 1 heterocycles. The van der Waals surface area contributed by atoms with Crippen LogP contribution < -0.4 is 28.5 Å². The summed E-state index contributed by atoms with van der Waals surface area (Å²) in [6.45, 7) is 13.5. The molecule has 80 valence electrons. The third-order valence-electron chi connectivity index (χ3n) is 0.865. The summed E-state index contributed by atoms with van der Waals surface area (Å²) in [6.07, 6.45) is 4.00. The maximum atomic E-state index is 7.50. The van der Waals surface area contributed by atoms with E-state index in [9.17, 15) is 0 Å². The first-order valence-corrected chi connectivity index (χ1v) is 2.91. The number of aromatic nitrogens is 1. The van der Waals surface area contributed by atoms with Crippen LogP contribution in [0.25, 0.3) is 0 Å². The first-order chi connectivity index (χ1) is 6.39. The van der Waals surface area contributed by atoms with Gasteiger partial charge in [-0.15, -0.1) is 0 Å². The van der Waals surface area contributed by atoms with Crippen LogP contribution in [0.4, 0.5) is 0 Å². The Balaban J connectivity index is -0.0000000369. The van der Waals surface area contributed by atoms with Gasteiger partial charge in [0.05, 0.1) is 0 Å². The Hall–Kier alpha value is -0.212. The molecule has 0 radical (unpaired) electrons. The summed E-state index contributed by atoms with van der Waals surface area (Å²) >= 11 is 0. The predicted molar refractivity (Wildman–Crippen MR) is 39.4 cm³/mol. The van der Waals surface area contributed by atoms with E-state index >= 15 is 0 Å². The van der Waals surface area contributed by atoms with Crippen LogP contribution in [-0.2, 0) is 42.1 Å². The second-order valence-corrected chi connectivity index (χ2v) is 1.54. The van der Waals surface area contributed by atoms with E-state index in [1.165, 1.54) is 0 Å². The van der Waals surface area contributed by atoms with E-state index < -0.39 is 0 Å². The first-order valence-electron chi connectivity index (χ1n) is 2.91. The number of nitrogens with zero attached hydrogens (tertiary/aromatic N) is 1. The van der Waals surface area contributed by atoms with Gasteiger partial charge in [0, 0.05) is 33.2 Å². The van der Waals surface area contributed by atoms with Gasteiger partial charge in [-0.2, -0.15) is 0 Å². The Bertz CT molecular complexity index is 234. The van der Waals surface area contributed by atoms with Crippen LogP contribution in [0.3, 0.4) is 0 Å². The molecule has 0 saturated carbocycles. The molecule has 1 aromatic heterocycles. The van der Waals surface area contributed by atoms with Crippen LogP contribution in [-0.4, -0.2) is 0 Å². The molecule has 0 aliphatic heterocycles. The molecule has 0 aromatic carbocycles. The average Bonchev–Trinajstić information content (AvgIpc) is 2.28. The van der Waals surface area contributed by atoms with Gasteiger partial charge in [0.15, 0.2) is 12.4 Å². The topological polar surface area (TPSA) is 63.6 Å². The molecule has 1 aromatic rings. The van der Waals surface area contributed by atoms with E-state index in [1.807, 2.05) is 42.2 Å². The zero-order valence-corrected chi connectivity index (χ0v) is 12.0. The van der Waals surface area contributed by atoms with Crippen molar-refractivity contribution in [3.63, 3.8) is 0 Å². The Morgan fingerprint density at radius 1 is 0.800 bits per heavy atom. The summed E-state index contributed by atoms with van der Waals surface area (Å²) < 4.78 is 24.5. The molecule has 0 atom stereocenters. The van der Waals surface area contributed by atoms with Crippen molar-refractivity contribution in [1.29, 1.82) is 0 Å². The van der Waals surface area contributed by atoms with Gasteiger partial charge in [0.1, 0.15) is 7.05 Å². The fourth-order valence-corrected chi connectivity index (χ4v) is 0.485. The van der Waals surface area contributed by atoms with Crippen LogP contribution >= 0.6 is 0 Å². The second-order valence-electron chi connectivity index (χ2n) is 1.54. The van der Waals surface area contributed by atoms with Crippen molar-refractivity contribution < 1.29 is 63.6 Å². The second kappa shape index (κ2) is 37.2. The molecule has 1 rings (SSSR count). The van der Waals surface area contributed by atoms with Gasteiger partial charge in [0.2, 0.25) is 0 Å². The van der Waals surface area contributed by atoms with E-state index in [1.54, 1.807) is 0 Å². The van der Waals surface area contributed by atoms with E-state index in [0.29, 0.717) is 0 Å². The third kappa shape index (κ3) is 31.6. The fourth-order valence-electron chi connectivity index (χ4n) is 0.485. The first kappa shape index (κ1) is 29.3. The molecule has 6 heteroatoms. The zero-order chi connectivity index (χ0) is 11.1. The fraction of sp³-hybridized carbons (Fsp3) is 0.111. The quantitative estimate of drug-likeness (QED) is 0.151. The molecule has 0 fully saturated rings. The molecule has 0 N–H and O–H groups in total. The summed E-state index contributed by atoms with van der Waals surface area (Å²) in [6, 6.07) is 6.00. The van der Waals surface area contributed by atoms with Crippen LogP contribution in [0.15, 0.2) is 30.6 Å². The van der Waals surface area contributed by atoms with Crippen molar-refractivity contribution in [1.82, 2.24) is 0 Å². The molecule has 0 aliphatic rings. The molecule has 0 aliphatic carbocycles. The Morgan fingerprint density at radius 2 is 1.07 bits per heavy atom.